The van der Waals surface area contributed by atoms with Crippen LogP contribution in [0.5, 0.6) is 0 Å². The molecular formula is C22H22F3N3O5S. The molecule has 1 unspecified atom stereocenters. The quantitative estimate of drug-likeness (QED) is 0.401. The summed E-state index contributed by atoms with van der Waals surface area (Å²) in [7, 11) is 0. The Labute approximate surface area is 196 Å². The van der Waals surface area contributed by atoms with Crippen LogP contribution in [0.3, 0.4) is 0 Å². The highest BCUT2D eigenvalue weighted by Crippen LogP contribution is 2.38. The van der Waals surface area contributed by atoms with Crippen LogP contribution in [0.4, 0.5) is 23.9 Å². The predicted octanol–water partition coefficient (Wildman–Crippen LogP) is 3.30. The highest BCUT2D eigenvalue weighted by atomic mass is 32.1. The number of hydrogen-bond acceptors (Lipinski definition) is 6. The van der Waals surface area contributed by atoms with Gasteiger partial charge in [-0.25, -0.2) is 18.0 Å². The maximum absolute atomic E-state index is 13.7. The van der Waals surface area contributed by atoms with Crippen molar-refractivity contribution in [1.29, 1.82) is 0 Å². The van der Waals surface area contributed by atoms with Crippen molar-refractivity contribution in [1.82, 2.24) is 5.32 Å². The monoisotopic (exact) mass is 497 g/mol. The third-order valence-corrected chi connectivity index (χ3v) is 6.26. The van der Waals surface area contributed by atoms with E-state index >= 15 is 0 Å². The average molecular weight is 497 g/mol. The second-order valence-electron chi connectivity index (χ2n) is 7.63. The first-order valence-corrected chi connectivity index (χ1v) is 11.2. The number of carbonyl (C=O) groups excluding carboxylic acids is 4. The van der Waals surface area contributed by atoms with Gasteiger partial charge in [-0.2, -0.15) is 0 Å². The van der Waals surface area contributed by atoms with Crippen molar-refractivity contribution in [3.05, 3.63) is 45.6 Å². The van der Waals surface area contributed by atoms with Gasteiger partial charge in [0.25, 0.3) is 5.91 Å². The molecule has 1 aliphatic rings. The molecule has 0 fully saturated rings. The number of amides is 3. The Kier molecular flexibility index (Phi) is 7.92. The predicted molar refractivity (Wildman–Crippen MR) is 118 cm³/mol. The molecule has 0 bridgehead atoms. The zero-order valence-electron chi connectivity index (χ0n) is 18.4. The lowest BCUT2D eigenvalue weighted by molar-refractivity contribution is -0.130. The molecule has 3 N–H and O–H groups in total. The van der Waals surface area contributed by atoms with E-state index < -0.39 is 53.6 Å². The number of carbonyl (C=O) groups is 4. The Bertz CT molecular complexity index is 1150. The first-order valence-electron chi connectivity index (χ1n) is 10.4. The van der Waals surface area contributed by atoms with Crippen molar-refractivity contribution in [3.63, 3.8) is 0 Å². The van der Waals surface area contributed by atoms with E-state index in [2.05, 4.69) is 10.6 Å². The molecule has 3 rings (SSSR count). The number of thiophene rings is 1. The summed E-state index contributed by atoms with van der Waals surface area (Å²) in [5.74, 6) is -7.56. The summed E-state index contributed by atoms with van der Waals surface area (Å²) in [6, 6.07) is 1.48. The molecule has 0 spiro atoms. The molecule has 1 aromatic carbocycles. The number of aryl methyl sites for hydroxylation is 1. The molecule has 1 heterocycles. The van der Waals surface area contributed by atoms with E-state index in [0.717, 1.165) is 35.8 Å². The van der Waals surface area contributed by atoms with Crippen molar-refractivity contribution in [2.75, 3.05) is 17.2 Å². The van der Waals surface area contributed by atoms with Gasteiger partial charge in [0.2, 0.25) is 11.8 Å². The first-order chi connectivity index (χ1) is 16.1. The number of esters is 1. The van der Waals surface area contributed by atoms with Crippen LogP contribution in [0.1, 0.15) is 47.5 Å². The SMILES string of the molecule is CC(=O)Nc1sc2c(c1C(=O)OC(C)C(=O)NCC(=O)Nc1ccc(F)c(F)c1F)CCCC2. The van der Waals surface area contributed by atoms with Crippen LogP contribution >= 0.6 is 11.3 Å². The summed E-state index contributed by atoms with van der Waals surface area (Å²) >= 11 is 1.31. The average Bonchev–Trinajstić information content (AvgIpc) is 3.14. The molecule has 8 nitrogen and oxygen atoms in total. The third kappa shape index (κ3) is 5.74. The van der Waals surface area contributed by atoms with Crippen LogP contribution in [-0.2, 0) is 32.0 Å². The Morgan fingerprint density at radius 3 is 2.47 bits per heavy atom. The fourth-order valence-corrected chi connectivity index (χ4v) is 4.75. The van der Waals surface area contributed by atoms with E-state index in [0.29, 0.717) is 17.5 Å². The van der Waals surface area contributed by atoms with Crippen molar-refractivity contribution < 1.29 is 37.1 Å². The van der Waals surface area contributed by atoms with Gasteiger partial charge in [0.1, 0.15) is 5.00 Å². The zero-order valence-corrected chi connectivity index (χ0v) is 19.2. The highest BCUT2D eigenvalue weighted by Gasteiger charge is 2.29. The number of benzene rings is 1. The molecule has 0 saturated carbocycles. The van der Waals surface area contributed by atoms with Crippen LogP contribution in [-0.4, -0.2) is 36.3 Å². The fourth-order valence-electron chi connectivity index (χ4n) is 3.43. The molecule has 182 valence electrons. The van der Waals surface area contributed by atoms with Gasteiger partial charge in [0.15, 0.2) is 23.6 Å². The second-order valence-corrected chi connectivity index (χ2v) is 8.74. The topological polar surface area (TPSA) is 114 Å². The molecular weight excluding hydrogens is 475 g/mol. The minimum atomic E-state index is -1.74. The Hall–Kier alpha value is -3.41. The molecule has 2 aromatic rings. The number of ether oxygens (including phenoxy) is 1. The van der Waals surface area contributed by atoms with Gasteiger partial charge in [-0.05, 0) is 50.3 Å². The van der Waals surface area contributed by atoms with Gasteiger partial charge in [0.05, 0.1) is 17.8 Å². The van der Waals surface area contributed by atoms with Crippen LogP contribution in [0.25, 0.3) is 0 Å². The number of rotatable bonds is 7. The fraction of sp³-hybridized carbons (Fsp3) is 0.364. The van der Waals surface area contributed by atoms with Crippen LogP contribution in [0.2, 0.25) is 0 Å². The van der Waals surface area contributed by atoms with E-state index in [1.54, 1.807) is 0 Å². The molecule has 3 amide bonds. The lowest BCUT2D eigenvalue weighted by Gasteiger charge is -2.16. The number of halogens is 3. The molecule has 34 heavy (non-hydrogen) atoms. The van der Waals surface area contributed by atoms with Crippen LogP contribution in [0.15, 0.2) is 12.1 Å². The first kappa shape index (κ1) is 25.2. The van der Waals surface area contributed by atoms with Crippen LogP contribution in [0, 0.1) is 17.5 Å². The third-order valence-electron chi connectivity index (χ3n) is 5.05. The summed E-state index contributed by atoms with van der Waals surface area (Å²) in [6.45, 7) is 1.99. The van der Waals surface area contributed by atoms with E-state index in [-0.39, 0.29) is 11.5 Å². The van der Waals surface area contributed by atoms with Gasteiger partial charge in [-0.1, -0.05) is 0 Å². The Balaban J connectivity index is 1.60. The van der Waals surface area contributed by atoms with Crippen molar-refractivity contribution in [2.24, 2.45) is 0 Å². The van der Waals surface area contributed by atoms with Gasteiger partial charge >= 0.3 is 5.97 Å². The standard InChI is InChI=1S/C22H22F3N3O5S/c1-10(20(31)26-9-16(30)28-14-8-7-13(23)18(24)19(14)25)33-22(32)17-12-5-3-4-6-15(12)34-21(17)27-11(2)29/h7-8,10H,3-6,9H2,1-2H3,(H,26,31)(H,27,29)(H,28,30). The number of fused-ring (bicyclic) bond motifs is 1. The molecule has 0 radical (unpaired) electrons. The second kappa shape index (κ2) is 10.7. The Morgan fingerprint density at radius 1 is 1.06 bits per heavy atom. The molecule has 0 saturated heterocycles. The lowest BCUT2D eigenvalue weighted by Crippen LogP contribution is -2.40. The van der Waals surface area contributed by atoms with Gasteiger partial charge in [-0.3, -0.25) is 14.4 Å². The van der Waals surface area contributed by atoms with Gasteiger partial charge in [-0.15, -0.1) is 11.3 Å². The minimum Gasteiger partial charge on any atom is -0.449 e. The number of anilines is 2. The minimum absolute atomic E-state index is 0.223. The maximum Gasteiger partial charge on any atom is 0.342 e. The van der Waals surface area contributed by atoms with E-state index in [1.807, 2.05) is 5.32 Å². The summed E-state index contributed by atoms with van der Waals surface area (Å²) in [5, 5.41) is 7.24. The summed E-state index contributed by atoms with van der Waals surface area (Å²) in [5.41, 5.74) is 0.428. The van der Waals surface area contributed by atoms with E-state index in [4.69, 9.17) is 4.74 Å². The normalized spacial score (nSPS) is 13.4. The molecule has 1 atom stereocenters. The number of hydrogen-bond donors (Lipinski definition) is 3. The molecule has 1 aliphatic carbocycles. The molecule has 1 aromatic heterocycles. The summed E-state index contributed by atoms with van der Waals surface area (Å²) in [6.07, 6.45) is 2.00. The molecule has 12 heteroatoms. The zero-order chi connectivity index (χ0) is 25.0. The highest BCUT2D eigenvalue weighted by molar-refractivity contribution is 7.17. The van der Waals surface area contributed by atoms with Crippen molar-refractivity contribution in [3.8, 4) is 0 Å². The lowest BCUT2D eigenvalue weighted by atomic mass is 9.95. The van der Waals surface area contributed by atoms with Gasteiger partial charge < -0.3 is 20.7 Å². The number of nitrogens with one attached hydrogen (secondary N) is 3. The largest absolute Gasteiger partial charge is 0.449 e. The molecule has 0 aliphatic heterocycles. The van der Waals surface area contributed by atoms with Crippen molar-refractivity contribution in [2.45, 2.75) is 45.6 Å². The van der Waals surface area contributed by atoms with Crippen LogP contribution < -0.4 is 16.0 Å². The maximum atomic E-state index is 13.7. The van der Waals surface area contributed by atoms with E-state index in [1.165, 1.54) is 25.2 Å². The summed E-state index contributed by atoms with van der Waals surface area (Å²) in [4.78, 5) is 49.6. The summed E-state index contributed by atoms with van der Waals surface area (Å²) < 4.78 is 45.2. The smallest absolute Gasteiger partial charge is 0.342 e. The van der Waals surface area contributed by atoms with Gasteiger partial charge in [0, 0.05) is 11.8 Å². The van der Waals surface area contributed by atoms with Crippen molar-refractivity contribution >= 4 is 45.7 Å². The Morgan fingerprint density at radius 2 is 1.76 bits per heavy atom. The van der Waals surface area contributed by atoms with E-state index in [9.17, 15) is 32.3 Å².